The van der Waals surface area contributed by atoms with Gasteiger partial charge in [0.25, 0.3) is 0 Å². The van der Waals surface area contributed by atoms with Gasteiger partial charge in [0.1, 0.15) is 23.5 Å². The van der Waals surface area contributed by atoms with E-state index < -0.39 is 23.4 Å². The molecule has 34 heavy (non-hydrogen) atoms. The van der Waals surface area contributed by atoms with Crippen LogP contribution in [0.25, 0.3) is 16.4 Å². The molecule has 6 N–H and O–H groups in total. The van der Waals surface area contributed by atoms with Crippen LogP contribution in [0.2, 0.25) is 5.02 Å². The molecule has 10 heteroatoms. The second kappa shape index (κ2) is 8.33. The minimum atomic E-state index is -0.966. The maximum Gasteiger partial charge on any atom is 0.151 e. The molecule has 3 heterocycles. The summed E-state index contributed by atoms with van der Waals surface area (Å²) < 4.78 is 16.4. The summed E-state index contributed by atoms with van der Waals surface area (Å²) in [5.74, 6) is -0.250. The molecule has 0 saturated heterocycles. The average Bonchev–Trinajstić information content (AvgIpc) is 3.35. The molecule has 0 spiro atoms. The van der Waals surface area contributed by atoms with E-state index in [1.807, 2.05) is 19.1 Å². The van der Waals surface area contributed by atoms with Crippen molar-refractivity contribution < 1.29 is 14.6 Å². The van der Waals surface area contributed by atoms with Crippen LogP contribution in [0.15, 0.2) is 36.7 Å². The van der Waals surface area contributed by atoms with Crippen LogP contribution >= 0.6 is 11.6 Å². The Hall–Kier alpha value is -3.01. The third-order valence-corrected chi connectivity index (χ3v) is 7.72. The Morgan fingerprint density at radius 1 is 1.21 bits per heavy atom. The highest BCUT2D eigenvalue weighted by Crippen LogP contribution is 2.51. The van der Waals surface area contributed by atoms with E-state index >= 15 is 0 Å². The zero-order chi connectivity index (χ0) is 24.2. The van der Waals surface area contributed by atoms with Crippen LogP contribution in [0.3, 0.4) is 0 Å². The van der Waals surface area contributed by atoms with Crippen molar-refractivity contribution >= 4 is 39.7 Å². The lowest BCUT2D eigenvalue weighted by molar-refractivity contribution is -0.0294. The molecule has 1 aromatic carbocycles. The first-order valence-corrected chi connectivity index (χ1v) is 11.6. The summed E-state index contributed by atoms with van der Waals surface area (Å²) in [5.41, 5.74) is 13.8. The first-order chi connectivity index (χ1) is 16.2. The smallest absolute Gasteiger partial charge is 0.151 e. The van der Waals surface area contributed by atoms with Gasteiger partial charge in [-0.2, -0.15) is 5.10 Å². The number of fused-ring (bicyclic) bond motifs is 2. The van der Waals surface area contributed by atoms with Gasteiger partial charge >= 0.3 is 0 Å². The molecule has 1 saturated carbocycles. The Bertz CT molecular complexity index is 1400. The molecule has 0 bridgehead atoms. The van der Waals surface area contributed by atoms with Gasteiger partial charge in [-0.15, -0.1) is 0 Å². The molecule has 3 aromatic heterocycles. The molecule has 0 radical (unpaired) electrons. The van der Waals surface area contributed by atoms with Crippen molar-refractivity contribution in [3.05, 3.63) is 58.8 Å². The zero-order valence-corrected chi connectivity index (χ0v) is 19.4. The van der Waals surface area contributed by atoms with E-state index in [0.717, 1.165) is 11.3 Å². The fourth-order valence-corrected chi connectivity index (χ4v) is 5.54. The maximum absolute atomic E-state index is 14.8. The standard InChI is InChI=1S/C24H26ClFN6O2/c1-2-24(6-5-12-7-16(26)13-9-15(25)22(27)31-17(13)8-12)10-14(20(33)21(24)34)18-3-4-19-23(28)29-11-30-32(18)19/h3-4,7-9,11,14,20-21,33-34H,2,5-6,10H2,1H3,(H2,27,31)(H2,28,29,30)/t14-,20-,21-,24-/m0/s1. The number of aryl methyl sites for hydroxylation is 1. The van der Waals surface area contributed by atoms with Crippen LogP contribution < -0.4 is 11.5 Å². The van der Waals surface area contributed by atoms with Crippen LogP contribution in [0, 0.1) is 11.2 Å². The second-order valence-corrected chi connectivity index (χ2v) is 9.57. The molecule has 4 atom stereocenters. The lowest BCUT2D eigenvalue weighted by Crippen LogP contribution is -2.36. The number of halogens is 2. The number of rotatable bonds is 5. The lowest BCUT2D eigenvalue weighted by Gasteiger charge is -2.32. The van der Waals surface area contributed by atoms with Gasteiger partial charge in [0, 0.05) is 17.0 Å². The van der Waals surface area contributed by atoms with E-state index in [9.17, 15) is 14.6 Å². The SMILES string of the molecule is CC[C@]1(CCc2cc(F)c3cc(Cl)c(N)nc3c2)C[C@@H](c2ccc3c(N)ncnn23)[C@H](O)[C@@H]1O. The van der Waals surface area contributed by atoms with Crippen molar-refractivity contribution in [2.45, 2.75) is 50.7 Å². The summed E-state index contributed by atoms with van der Waals surface area (Å²) in [7, 11) is 0. The molecule has 1 aliphatic rings. The van der Waals surface area contributed by atoms with E-state index in [1.54, 1.807) is 10.6 Å². The average molecular weight is 485 g/mol. The summed E-state index contributed by atoms with van der Waals surface area (Å²) >= 11 is 5.99. The number of benzene rings is 1. The number of nitrogens with two attached hydrogens (primary N) is 2. The highest BCUT2D eigenvalue weighted by atomic mass is 35.5. The van der Waals surface area contributed by atoms with Crippen LogP contribution in [0.5, 0.6) is 0 Å². The van der Waals surface area contributed by atoms with Crippen LogP contribution in [0.1, 0.15) is 43.4 Å². The van der Waals surface area contributed by atoms with Gasteiger partial charge in [-0.25, -0.2) is 18.9 Å². The Labute approximate surface area is 200 Å². The number of nitrogens with zero attached hydrogens (tertiary/aromatic N) is 4. The first kappa shape index (κ1) is 22.8. The van der Waals surface area contributed by atoms with Gasteiger partial charge in [-0.3, -0.25) is 0 Å². The third kappa shape index (κ3) is 3.55. The topological polar surface area (TPSA) is 136 Å². The first-order valence-electron chi connectivity index (χ1n) is 11.2. The zero-order valence-electron chi connectivity index (χ0n) is 18.6. The summed E-state index contributed by atoms with van der Waals surface area (Å²) in [6.07, 6.45) is 1.74. The van der Waals surface area contributed by atoms with E-state index in [1.165, 1.54) is 18.5 Å². The number of nitrogen functional groups attached to an aromatic ring is 2. The molecule has 0 unspecified atom stereocenters. The largest absolute Gasteiger partial charge is 0.390 e. The van der Waals surface area contributed by atoms with Crippen molar-refractivity contribution in [1.82, 2.24) is 19.6 Å². The van der Waals surface area contributed by atoms with Gasteiger partial charge in [-0.05, 0) is 67.0 Å². The highest BCUT2D eigenvalue weighted by molar-refractivity contribution is 6.33. The Morgan fingerprint density at radius 3 is 2.76 bits per heavy atom. The van der Waals surface area contributed by atoms with Gasteiger partial charge in [0.05, 0.1) is 22.7 Å². The van der Waals surface area contributed by atoms with E-state index in [0.29, 0.717) is 47.9 Å². The van der Waals surface area contributed by atoms with Crippen molar-refractivity contribution in [2.24, 2.45) is 5.41 Å². The molecular formula is C24H26ClFN6O2. The highest BCUT2D eigenvalue weighted by Gasteiger charge is 2.52. The number of hydrogen-bond donors (Lipinski definition) is 4. The molecule has 178 valence electrons. The molecule has 0 aliphatic heterocycles. The predicted molar refractivity (Wildman–Crippen MR) is 129 cm³/mol. The summed E-state index contributed by atoms with van der Waals surface area (Å²) in [5, 5.41) is 27.0. The monoisotopic (exact) mass is 484 g/mol. The lowest BCUT2D eigenvalue weighted by atomic mass is 9.75. The summed E-state index contributed by atoms with van der Waals surface area (Å²) in [4.78, 5) is 8.23. The molecule has 5 rings (SSSR count). The van der Waals surface area contributed by atoms with E-state index in [2.05, 4.69) is 15.1 Å². The summed E-state index contributed by atoms with van der Waals surface area (Å²) in [6, 6.07) is 8.43. The van der Waals surface area contributed by atoms with Crippen molar-refractivity contribution in [1.29, 1.82) is 0 Å². The molecule has 8 nitrogen and oxygen atoms in total. The Morgan fingerprint density at radius 2 is 2.00 bits per heavy atom. The molecule has 4 aromatic rings. The van der Waals surface area contributed by atoms with Crippen molar-refractivity contribution in [2.75, 3.05) is 11.5 Å². The van der Waals surface area contributed by atoms with E-state index in [4.69, 9.17) is 23.1 Å². The predicted octanol–water partition coefficient (Wildman–Crippen LogP) is 3.47. The van der Waals surface area contributed by atoms with Crippen molar-refractivity contribution in [3.8, 4) is 0 Å². The fourth-order valence-electron chi connectivity index (χ4n) is 5.39. The third-order valence-electron chi connectivity index (χ3n) is 7.42. The Balaban J connectivity index is 1.43. The van der Waals surface area contributed by atoms with Gasteiger partial charge < -0.3 is 21.7 Å². The molecular weight excluding hydrogens is 459 g/mol. The van der Waals surface area contributed by atoms with Gasteiger partial charge in [-0.1, -0.05) is 18.5 Å². The van der Waals surface area contributed by atoms with Crippen molar-refractivity contribution in [3.63, 3.8) is 0 Å². The number of aliphatic hydroxyl groups is 2. The minimum absolute atomic E-state index is 0.150. The minimum Gasteiger partial charge on any atom is -0.390 e. The van der Waals surface area contributed by atoms with Crippen LogP contribution in [-0.4, -0.2) is 42.0 Å². The quantitative estimate of drug-likeness (QED) is 0.340. The number of aromatic nitrogens is 4. The normalized spacial score (nSPS) is 24.9. The molecule has 1 fully saturated rings. The number of aliphatic hydroxyl groups excluding tert-OH is 2. The Kier molecular flexibility index (Phi) is 5.58. The second-order valence-electron chi connectivity index (χ2n) is 9.16. The molecule has 0 amide bonds. The molecule has 1 aliphatic carbocycles. The van der Waals surface area contributed by atoms with Gasteiger partial charge in [0.2, 0.25) is 0 Å². The van der Waals surface area contributed by atoms with Crippen LogP contribution in [-0.2, 0) is 6.42 Å². The maximum atomic E-state index is 14.8. The number of anilines is 2. The summed E-state index contributed by atoms with van der Waals surface area (Å²) in [6.45, 7) is 2.00. The van der Waals surface area contributed by atoms with E-state index in [-0.39, 0.29) is 16.8 Å². The number of pyridine rings is 1. The number of hydrogen-bond acceptors (Lipinski definition) is 7. The van der Waals surface area contributed by atoms with Crippen LogP contribution in [0.4, 0.5) is 16.0 Å². The fraction of sp³-hybridized carbons (Fsp3) is 0.375. The van der Waals surface area contributed by atoms with Gasteiger partial charge in [0.15, 0.2) is 5.82 Å².